The van der Waals surface area contributed by atoms with Crippen LogP contribution in [0, 0.1) is 27.0 Å². The van der Waals surface area contributed by atoms with Crippen molar-refractivity contribution in [2.45, 2.75) is 39.5 Å². The van der Waals surface area contributed by atoms with E-state index in [1.54, 1.807) is 0 Å². The van der Waals surface area contributed by atoms with Crippen molar-refractivity contribution in [3.8, 4) is 44.5 Å². The van der Waals surface area contributed by atoms with E-state index >= 15 is 0 Å². The molecule has 0 N–H and O–H groups in total. The number of fused-ring (bicyclic) bond motifs is 2. The minimum absolute atomic E-state index is 0. The fourth-order valence-electron chi connectivity index (χ4n) is 4.84. The molecule has 2 aromatic rings. The zero-order valence-electron chi connectivity index (χ0n) is 25.7. The molecule has 0 saturated carbocycles. The van der Waals surface area contributed by atoms with Crippen LogP contribution in [-0.2, 0) is 23.3 Å². The average molecular weight is 640 g/mol. The molecule has 0 aliphatic heterocycles. The third kappa shape index (κ3) is 8.50. The molecule has 4 aliphatic carbocycles. The summed E-state index contributed by atoms with van der Waals surface area (Å²) in [6, 6.07) is 49.8. The van der Waals surface area contributed by atoms with Gasteiger partial charge >= 0.3 is 30.2 Å². The van der Waals surface area contributed by atoms with Gasteiger partial charge in [-0.3, -0.25) is 0 Å². The van der Waals surface area contributed by atoms with Crippen molar-refractivity contribution >= 4 is 6.88 Å². The van der Waals surface area contributed by atoms with Gasteiger partial charge in [-0.25, -0.2) is 0 Å². The molecule has 42 heavy (non-hydrogen) atoms. The second-order valence-electron chi connectivity index (χ2n) is 10.4. The van der Waals surface area contributed by atoms with Crippen molar-refractivity contribution in [1.82, 2.24) is 0 Å². The topological polar surface area (TPSA) is 0 Å². The first kappa shape index (κ1) is 35.1. The van der Waals surface area contributed by atoms with Crippen LogP contribution in [0.15, 0.2) is 121 Å². The van der Waals surface area contributed by atoms with Crippen LogP contribution in [0.1, 0.15) is 50.7 Å². The van der Waals surface area contributed by atoms with Crippen molar-refractivity contribution < 1.29 is 23.3 Å². The molecular formula is C40H40SiZr-4. The van der Waals surface area contributed by atoms with E-state index in [0.29, 0.717) is 11.8 Å². The molecule has 0 fully saturated rings. The molecule has 0 spiro atoms. The third-order valence-corrected chi connectivity index (χ3v) is 7.01. The molecule has 0 atom stereocenters. The number of rotatable bonds is 4. The summed E-state index contributed by atoms with van der Waals surface area (Å²) < 4.78 is 0. The van der Waals surface area contributed by atoms with Crippen LogP contribution in [0.5, 0.6) is 0 Å². The van der Waals surface area contributed by atoms with Crippen LogP contribution >= 0.6 is 0 Å². The minimum atomic E-state index is 0. The Kier molecular flexibility index (Phi) is 14.3. The monoisotopic (exact) mass is 638 g/mol. The summed E-state index contributed by atoms with van der Waals surface area (Å²) in [4.78, 5) is 0. The third-order valence-electron chi connectivity index (χ3n) is 7.01. The Morgan fingerprint density at radius 1 is 0.452 bits per heavy atom. The van der Waals surface area contributed by atoms with Crippen molar-refractivity contribution in [2.24, 2.45) is 0 Å². The Hall–Kier alpha value is -3.06. The van der Waals surface area contributed by atoms with Gasteiger partial charge in [0.05, 0.1) is 0 Å². The fourth-order valence-corrected chi connectivity index (χ4v) is 4.84. The Morgan fingerprint density at radius 3 is 1.10 bits per heavy atom. The Balaban J connectivity index is 0.000000265. The average Bonchev–Trinajstić information content (AvgIpc) is 3.49. The van der Waals surface area contributed by atoms with Crippen LogP contribution in [0.25, 0.3) is 44.5 Å². The molecule has 0 aromatic heterocycles. The summed E-state index contributed by atoms with van der Waals surface area (Å²) >= 11 is 1.36. The molecule has 0 unspecified atom stereocenters. The van der Waals surface area contributed by atoms with Gasteiger partial charge in [0.1, 0.15) is 0 Å². The maximum atomic E-state index is 3.53. The fraction of sp³-hybridized carbons (Fsp3) is 0.150. The molecule has 2 heteroatoms. The molecular weight excluding hydrogens is 600 g/mol. The predicted molar refractivity (Wildman–Crippen MR) is 181 cm³/mol. The first-order chi connectivity index (χ1) is 19.5. The van der Waals surface area contributed by atoms with Gasteiger partial charge in [0.2, 0.25) is 0 Å². The van der Waals surface area contributed by atoms with Crippen molar-refractivity contribution in [1.29, 1.82) is 0 Å². The summed E-state index contributed by atoms with van der Waals surface area (Å²) in [5.74, 6) is 1.03. The number of hydrogen-bond donors (Lipinski definition) is 0. The molecule has 0 saturated heterocycles. The Bertz CT molecular complexity index is 1450. The summed E-state index contributed by atoms with van der Waals surface area (Å²) in [6.45, 7) is 11.9. The molecule has 0 nitrogen and oxygen atoms in total. The van der Waals surface area contributed by atoms with Gasteiger partial charge in [0.25, 0.3) is 0 Å². The summed E-state index contributed by atoms with van der Waals surface area (Å²) in [5.41, 5.74) is 12.7. The Labute approximate surface area is 272 Å². The van der Waals surface area contributed by atoms with Crippen molar-refractivity contribution in [3.63, 3.8) is 0 Å². The zero-order chi connectivity index (χ0) is 28.5. The zero-order valence-corrected chi connectivity index (χ0v) is 29.2. The summed E-state index contributed by atoms with van der Waals surface area (Å²) in [6.07, 6.45) is 0. The summed E-state index contributed by atoms with van der Waals surface area (Å²) in [7, 11) is 0. The number of benzene rings is 2. The predicted octanol–water partition coefficient (Wildman–Crippen LogP) is 11.3. The molecule has 0 bridgehead atoms. The van der Waals surface area contributed by atoms with Crippen LogP contribution in [0.3, 0.4) is 0 Å². The molecule has 4 aliphatic rings. The van der Waals surface area contributed by atoms with Gasteiger partial charge in [-0.15, -0.1) is 58.7 Å². The van der Waals surface area contributed by atoms with Gasteiger partial charge in [0, 0.05) is 0 Å². The quantitative estimate of drug-likeness (QED) is 0.133. The van der Waals surface area contributed by atoms with Crippen LogP contribution < -0.4 is 0 Å². The van der Waals surface area contributed by atoms with Gasteiger partial charge < -0.3 is 14.9 Å². The van der Waals surface area contributed by atoms with E-state index in [2.05, 4.69) is 168 Å². The van der Waals surface area contributed by atoms with E-state index in [-0.39, 0.29) is 14.9 Å². The van der Waals surface area contributed by atoms with E-state index in [1.165, 1.54) is 79.0 Å². The normalized spacial score (nSPS) is 10.1. The van der Waals surface area contributed by atoms with Gasteiger partial charge in [-0.2, -0.15) is 23.3 Å². The molecule has 0 heterocycles. The second-order valence-corrected chi connectivity index (χ2v) is 10.4. The molecule has 212 valence electrons. The van der Waals surface area contributed by atoms with Gasteiger partial charge in [-0.05, 0) is 23.0 Å². The van der Waals surface area contributed by atoms with Crippen LogP contribution in [0.4, 0.5) is 0 Å². The SMILES string of the molecule is CC(C)c1[c-]c2ccccc(-c3ccccc3)c-2c1.CC(C)c1[c-]c2ccccc(-c3ccccc3)c-2c1.[CH3-].[CH3-].[Si]=[Zr]. The van der Waals surface area contributed by atoms with E-state index in [1.807, 2.05) is 0 Å². The second kappa shape index (κ2) is 17.2. The Morgan fingerprint density at radius 2 is 0.762 bits per heavy atom. The summed E-state index contributed by atoms with van der Waals surface area (Å²) in [5, 5.41) is 0. The van der Waals surface area contributed by atoms with Gasteiger partial charge in [0.15, 0.2) is 0 Å². The molecule has 2 radical (unpaired) electrons. The van der Waals surface area contributed by atoms with Crippen LogP contribution in [-0.4, -0.2) is 6.88 Å². The van der Waals surface area contributed by atoms with Gasteiger partial charge in [-0.1, -0.05) is 124 Å². The van der Waals surface area contributed by atoms with E-state index in [4.69, 9.17) is 0 Å². The molecule has 0 amide bonds. The molecule has 6 rings (SSSR count). The maximum absolute atomic E-state index is 3.53. The van der Waals surface area contributed by atoms with Crippen molar-refractivity contribution in [2.75, 3.05) is 0 Å². The van der Waals surface area contributed by atoms with Crippen LogP contribution in [0.2, 0.25) is 0 Å². The number of hydrogen-bond acceptors (Lipinski definition) is 0. The molecule has 2 aromatic carbocycles. The van der Waals surface area contributed by atoms with E-state index in [0.717, 1.165) is 0 Å². The first-order valence-corrected chi connectivity index (χ1v) is 18.0. The van der Waals surface area contributed by atoms with E-state index < -0.39 is 0 Å². The standard InChI is InChI=1S/2C19H17.2CH3.Si.Zr/c2*1-14(2)17-12-16-10-6-7-11-18(19(16)13-17)15-8-4-3-5-9-15;;;;/h2*3-11,13-14H,1-2H3;2*1H3;;/q4*-1;;. The van der Waals surface area contributed by atoms with Crippen molar-refractivity contribution in [3.05, 3.63) is 159 Å². The van der Waals surface area contributed by atoms with E-state index in [9.17, 15) is 0 Å². The first-order valence-electron chi connectivity index (χ1n) is 13.8.